The lowest BCUT2D eigenvalue weighted by molar-refractivity contribution is 0.777. The molecule has 0 amide bonds. The standard InChI is InChI=1S/C13H14ClN3/c1-10(7-11-5-3-2-4-6-11)17-13-15-8-12(14)9-16-13/h2-6,8-10H,7H2,1H3,(H,15,16,17). The summed E-state index contributed by atoms with van der Waals surface area (Å²) in [6.07, 6.45) is 4.12. The second-order valence-electron chi connectivity index (χ2n) is 3.96. The number of nitrogens with zero attached hydrogens (tertiary/aromatic N) is 2. The summed E-state index contributed by atoms with van der Waals surface area (Å²) >= 11 is 5.73. The van der Waals surface area contributed by atoms with E-state index in [0.717, 1.165) is 6.42 Å². The van der Waals surface area contributed by atoms with Crippen LogP contribution in [0.25, 0.3) is 0 Å². The van der Waals surface area contributed by atoms with Gasteiger partial charge in [-0.05, 0) is 18.9 Å². The normalized spacial score (nSPS) is 12.1. The van der Waals surface area contributed by atoms with Crippen molar-refractivity contribution in [2.75, 3.05) is 5.32 Å². The van der Waals surface area contributed by atoms with Gasteiger partial charge < -0.3 is 5.32 Å². The number of halogens is 1. The van der Waals surface area contributed by atoms with Crippen molar-refractivity contribution < 1.29 is 0 Å². The molecule has 0 aliphatic heterocycles. The van der Waals surface area contributed by atoms with Crippen molar-refractivity contribution in [1.82, 2.24) is 9.97 Å². The largest absolute Gasteiger partial charge is 0.351 e. The van der Waals surface area contributed by atoms with Gasteiger partial charge in [-0.25, -0.2) is 9.97 Å². The quantitative estimate of drug-likeness (QED) is 0.902. The van der Waals surface area contributed by atoms with Crippen molar-refractivity contribution in [3.05, 3.63) is 53.3 Å². The molecule has 0 saturated carbocycles. The highest BCUT2D eigenvalue weighted by molar-refractivity contribution is 6.30. The smallest absolute Gasteiger partial charge is 0.222 e. The van der Waals surface area contributed by atoms with E-state index in [1.807, 2.05) is 18.2 Å². The summed E-state index contributed by atoms with van der Waals surface area (Å²) in [5.74, 6) is 0.609. The number of hydrogen-bond acceptors (Lipinski definition) is 3. The molecular weight excluding hydrogens is 234 g/mol. The predicted molar refractivity (Wildman–Crippen MR) is 70.3 cm³/mol. The zero-order valence-electron chi connectivity index (χ0n) is 9.60. The topological polar surface area (TPSA) is 37.8 Å². The second-order valence-corrected chi connectivity index (χ2v) is 4.40. The summed E-state index contributed by atoms with van der Waals surface area (Å²) in [7, 11) is 0. The summed E-state index contributed by atoms with van der Waals surface area (Å²) in [5.41, 5.74) is 1.29. The average Bonchev–Trinajstić information content (AvgIpc) is 2.33. The molecule has 1 aromatic carbocycles. The maximum Gasteiger partial charge on any atom is 0.222 e. The van der Waals surface area contributed by atoms with Crippen LogP contribution >= 0.6 is 11.6 Å². The molecule has 1 aromatic heterocycles. The monoisotopic (exact) mass is 247 g/mol. The molecule has 1 unspecified atom stereocenters. The van der Waals surface area contributed by atoms with Crippen molar-refractivity contribution in [2.45, 2.75) is 19.4 Å². The van der Waals surface area contributed by atoms with Crippen LogP contribution in [0.4, 0.5) is 5.95 Å². The van der Waals surface area contributed by atoms with Crippen LogP contribution in [0.1, 0.15) is 12.5 Å². The van der Waals surface area contributed by atoms with E-state index in [2.05, 4.69) is 34.3 Å². The van der Waals surface area contributed by atoms with Crippen LogP contribution in [0, 0.1) is 0 Å². The number of hydrogen-bond donors (Lipinski definition) is 1. The zero-order valence-corrected chi connectivity index (χ0v) is 10.4. The zero-order chi connectivity index (χ0) is 12.1. The van der Waals surface area contributed by atoms with E-state index in [1.54, 1.807) is 12.4 Å². The van der Waals surface area contributed by atoms with Gasteiger partial charge in [0, 0.05) is 6.04 Å². The van der Waals surface area contributed by atoms with E-state index in [-0.39, 0.29) is 6.04 Å². The Bertz CT molecular complexity index is 456. The van der Waals surface area contributed by atoms with Gasteiger partial charge in [-0.1, -0.05) is 41.9 Å². The van der Waals surface area contributed by atoms with Gasteiger partial charge in [0.15, 0.2) is 0 Å². The van der Waals surface area contributed by atoms with Gasteiger partial charge in [0.1, 0.15) is 0 Å². The molecule has 0 saturated heterocycles. The van der Waals surface area contributed by atoms with Crippen molar-refractivity contribution in [3.63, 3.8) is 0 Å². The number of anilines is 1. The lowest BCUT2D eigenvalue weighted by Crippen LogP contribution is -2.19. The van der Waals surface area contributed by atoms with E-state index in [0.29, 0.717) is 11.0 Å². The first-order valence-corrected chi connectivity index (χ1v) is 5.90. The molecule has 0 radical (unpaired) electrons. The van der Waals surface area contributed by atoms with Gasteiger partial charge in [-0.3, -0.25) is 0 Å². The van der Waals surface area contributed by atoms with Gasteiger partial charge in [-0.15, -0.1) is 0 Å². The SMILES string of the molecule is CC(Cc1ccccc1)Nc1ncc(Cl)cn1. The highest BCUT2D eigenvalue weighted by Gasteiger charge is 2.04. The van der Waals surface area contributed by atoms with Crippen LogP contribution in [-0.4, -0.2) is 16.0 Å². The molecule has 0 spiro atoms. The molecular formula is C13H14ClN3. The van der Waals surface area contributed by atoms with Crippen LogP contribution in [-0.2, 0) is 6.42 Å². The minimum atomic E-state index is 0.276. The van der Waals surface area contributed by atoms with Crippen molar-refractivity contribution >= 4 is 17.5 Å². The molecule has 1 heterocycles. The predicted octanol–water partition coefficient (Wildman–Crippen LogP) is 3.17. The third-order valence-corrected chi connectivity index (χ3v) is 2.58. The Kier molecular flexibility index (Phi) is 3.94. The first kappa shape index (κ1) is 11.9. The molecule has 0 fully saturated rings. The molecule has 88 valence electrons. The summed E-state index contributed by atoms with van der Waals surface area (Å²) < 4.78 is 0. The first-order valence-electron chi connectivity index (χ1n) is 5.52. The molecule has 2 rings (SSSR count). The third kappa shape index (κ3) is 3.71. The summed E-state index contributed by atoms with van der Waals surface area (Å²) in [4.78, 5) is 8.21. The molecule has 0 bridgehead atoms. The number of rotatable bonds is 4. The van der Waals surface area contributed by atoms with E-state index in [4.69, 9.17) is 11.6 Å². The molecule has 1 atom stereocenters. The summed E-state index contributed by atoms with van der Waals surface area (Å²) in [6.45, 7) is 2.10. The van der Waals surface area contributed by atoms with Crippen LogP contribution < -0.4 is 5.32 Å². The molecule has 2 aromatic rings. The Balaban J connectivity index is 1.93. The summed E-state index contributed by atoms with van der Waals surface area (Å²) in [5, 5.41) is 3.78. The van der Waals surface area contributed by atoms with E-state index >= 15 is 0 Å². The van der Waals surface area contributed by atoms with Gasteiger partial charge in [0.05, 0.1) is 17.4 Å². The van der Waals surface area contributed by atoms with Crippen molar-refractivity contribution in [1.29, 1.82) is 0 Å². The van der Waals surface area contributed by atoms with Crippen LogP contribution in [0.5, 0.6) is 0 Å². The van der Waals surface area contributed by atoms with E-state index < -0.39 is 0 Å². The fourth-order valence-corrected chi connectivity index (χ4v) is 1.72. The molecule has 17 heavy (non-hydrogen) atoms. The fraction of sp³-hybridized carbons (Fsp3) is 0.231. The van der Waals surface area contributed by atoms with Gasteiger partial charge in [0.2, 0.25) is 5.95 Å². The lowest BCUT2D eigenvalue weighted by atomic mass is 10.1. The first-order chi connectivity index (χ1) is 8.24. The average molecular weight is 248 g/mol. The Hall–Kier alpha value is -1.61. The molecule has 0 aliphatic carbocycles. The number of nitrogens with one attached hydrogen (secondary N) is 1. The van der Waals surface area contributed by atoms with Gasteiger partial charge >= 0.3 is 0 Å². The van der Waals surface area contributed by atoms with Crippen molar-refractivity contribution in [3.8, 4) is 0 Å². The molecule has 0 aliphatic rings. The highest BCUT2D eigenvalue weighted by Crippen LogP contribution is 2.09. The maximum absolute atomic E-state index is 5.73. The minimum Gasteiger partial charge on any atom is -0.351 e. The highest BCUT2D eigenvalue weighted by atomic mass is 35.5. The Morgan fingerprint density at radius 2 is 1.82 bits per heavy atom. The van der Waals surface area contributed by atoms with E-state index in [1.165, 1.54) is 5.56 Å². The van der Waals surface area contributed by atoms with E-state index in [9.17, 15) is 0 Å². The van der Waals surface area contributed by atoms with Crippen LogP contribution in [0.3, 0.4) is 0 Å². The lowest BCUT2D eigenvalue weighted by Gasteiger charge is -2.13. The minimum absolute atomic E-state index is 0.276. The maximum atomic E-state index is 5.73. The van der Waals surface area contributed by atoms with Gasteiger partial charge in [-0.2, -0.15) is 0 Å². The summed E-state index contributed by atoms with van der Waals surface area (Å²) in [6, 6.07) is 10.6. The Morgan fingerprint density at radius 1 is 1.18 bits per heavy atom. The Morgan fingerprint density at radius 3 is 2.47 bits per heavy atom. The van der Waals surface area contributed by atoms with Crippen molar-refractivity contribution in [2.24, 2.45) is 0 Å². The third-order valence-electron chi connectivity index (χ3n) is 2.38. The Labute approximate surface area is 106 Å². The van der Waals surface area contributed by atoms with Crippen LogP contribution in [0.15, 0.2) is 42.7 Å². The molecule has 1 N–H and O–H groups in total. The number of benzene rings is 1. The fourth-order valence-electron chi connectivity index (χ4n) is 1.63. The van der Waals surface area contributed by atoms with Gasteiger partial charge in [0.25, 0.3) is 0 Å². The number of aromatic nitrogens is 2. The van der Waals surface area contributed by atoms with Crippen LogP contribution in [0.2, 0.25) is 5.02 Å². The molecule has 4 heteroatoms. The second kappa shape index (κ2) is 5.64. The molecule has 3 nitrogen and oxygen atoms in total.